The molecule has 1 atom stereocenters. The van der Waals surface area contributed by atoms with E-state index in [4.69, 9.17) is 0 Å². The lowest BCUT2D eigenvalue weighted by Gasteiger charge is -2.25. The fourth-order valence-electron chi connectivity index (χ4n) is 2.95. The first-order chi connectivity index (χ1) is 11.8. The van der Waals surface area contributed by atoms with Crippen LogP contribution in [0.1, 0.15) is 17.2 Å². The van der Waals surface area contributed by atoms with E-state index in [9.17, 15) is 23.3 Å². The van der Waals surface area contributed by atoms with Crippen LogP contribution in [0.2, 0.25) is 0 Å². The minimum Gasteiger partial charge on any atom is -0.284 e. The third-order valence-corrected chi connectivity index (χ3v) is 4.14. The van der Waals surface area contributed by atoms with E-state index in [1.54, 1.807) is 11.0 Å². The summed E-state index contributed by atoms with van der Waals surface area (Å²) >= 11 is 0. The molecule has 0 radical (unpaired) electrons. The zero-order valence-electron chi connectivity index (χ0n) is 13.1. The minimum atomic E-state index is -4.41. The zero-order chi connectivity index (χ0) is 18.0. The van der Waals surface area contributed by atoms with Gasteiger partial charge in [-0.05, 0) is 11.1 Å². The Kier molecular flexibility index (Phi) is 4.59. The average Bonchev–Trinajstić information content (AvgIpc) is 3.00. The molecular formula is C18H15F3N2O2. The molecule has 1 unspecified atom stereocenters. The summed E-state index contributed by atoms with van der Waals surface area (Å²) in [5.41, 5.74) is 0.602. The number of benzene rings is 2. The van der Waals surface area contributed by atoms with Crippen LogP contribution >= 0.6 is 0 Å². The van der Waals surface area contributed by atoms with Gasteiger partial charge in [-0.2, -0.15) is 13.2 Å². The number of nitrogens with zero attached hydrogens (tertiary/aromatic N) is 2. The fraction of sp³-hybridized carbons (Fsp3) is 0.222. The number of nitro benzene ring substituents is 1. The highest BCUT2D eigenvalue weighted by molar-refractivity contribution is 5.39. The van der Waals surface area contributed by atoms with Crippen molar-refractivity contribution in [1.29, 1.82) is 0 Å². The maximum Gasteiger partial charge on any atom is 0.413 e. The van der Waals surface area contributed by atoms with Crippen molar-refractivity contribution in [3.05, 3.63) is 87.5 Å². The lowest BCUT2D eigenvalue weighted by molar-refractivity contribution is -0.384. The first-order valence-electron chi connectivity index (χ1n) is 7.65. The largest absolute Gasteiger partial charge is 0.413 e. The van der Waals surface area contributed by atoms with Crippen LogP contribution in [0.4, 0.5) is 18.9 Å². The molecule has 7 heteroatoms. The first kappa shape index (κ1) is 17.2. The molecule has 130 valence electrons. The van der Waals surface area contributed by atoms with Crippen LogP contribution in [0.25, 0.3) is 0 Å². The SMILES string of the molecule is O=[N+]([O-])c1cccc(C2C=C(C(F)(F)F)CN2Cc2ccccc2)c1. The van der Waals surface area contributed by atoms with Gasteiger partial charge in [0, 0.05) is 30.8 Å². The van der Waals surface area contributed by atoms with Gasteiger partial charge in [-0.15, -0.1) is 0 Å². The van der Waals surface area contributed by atoms with Crippen molar-refractivity contribution in [1.82, 2.24) is 4.90 Å². The Bertz CT molecular complexity index is 803. The summed E-state index contributed by atoms with van der Waals surface area (Å²) in [6.45, 7) is 0.0794. The summed E-state index contributed by atoms with van der Waals surface area (Å²) in [6.07, 6.45) is -3.26. The van der Waals surface area contributed by atoms with Gasteiger partial charge in [-0.25, -0.2) is 0 Å². The van der Waals surface area contributed by atoms with Crippen LogP contribution < -0.4 is 0 Å². The molecule has 2 aromatic rings. The Morgan fingerprint density at radius 2 is 1.84 bits per heavy atom. The normalized spacial score (nSPS) is 18.2. The molecule has 2 aromatic carbocycles. The number of nitro groups is 1. The average molecular weight is 348 g/mol. The molecule has 0 bridgehead atoms. The summed E-state index contributed by atoms with van der Waals surface area (Å²) in [6, 6.07) is 14.3. The van der Waals surface area contributed by atoms with Crippen LogP contribution in [-0.2, 0) is 6.54 Å². The van der Waals surface area contributed by atoms with Crippen LogP contribution in [0.5, 0.6) is 0 Å². The number of hydrogen-bond donors (Lipinski definition) is 0. The molecule has 0 spiro atoms. The third kappa shape index (κ3) is 3.88. The molecule has 0 amide bonds. The van der Waals surface area contributed by atoms with E-state index in [1.807, 2.05) is 30.3 Å². The number of non-ortho nitro benzene ring substituents is 1. The quantitative estimate of drug-likeness (QED) is 0.459. The van der Waals surface area contributed by atoms with Gasteiger partial charge in [0.1, 0.15) is 0 Å². The Morgan fingerprint density at radius 1 is 1.12 bits per heavy atom. The molecule has 1 heterocycles. The Hall–Kier alpha value is -2.67. The third-order valence-electron chi connectivity index (χ3n) is 4.14. The highest BCUT2D eigenvalue weighted by Gasteiger charge is 2.40. The number of hydrogen-bond acceptors (Lipinski definition) is 3. The maximum absolute atomic E-state index is 13.2. The first-order valence-corrected chi connectivity index (χ1v) is 7.65. The highest BCUT2D eigenvalue weighted by Crippen LogP contribution is 2.39. The highest BCUT2D eigenvalue weighted by atomic mass is 19.4. The monoisotopic (exact) mass is 348 g/mol. The standard InChI is InChI=1S/C18H15F3N2O2/c19-18(20,21)15-10-17(14-7-4-8-16(9-14)23(24)25)22(12-15)11-13-5-2-1-3-6-13/h1-10,17H,11-12H2. The van der Waals surface area contributed by atoms with Gasteiger partial charge in [0.15, 0.2) is 0 Å². The van der Waals surface area contributed by atoms with Gasteiger partial charge in [0.05, 0.1) is 11.0 Å². The van der Waals surface area contributed by atoms with E-state index < -0.39 is 22.7 Å². The van der Waals surface area contributed by atoms with Gasteiger partial charge >= 0.3 is 6.18 Å². The summed E-state index contributed by atoms with van der Waals surface area (Å²) < 4.78 is 39.5. The van der Waals surface area contributed by atoms with Gasteiger partial charge in [0.25, 0.3) is 5.69 Å². The lowest BCUT2D eigenvalue weighted by Crippen LogP contribution is -2.26. The molecule has 0 saturated heterocycles. The van der Waals surface area contributed by atoms with E-state index in [-0.39, 0.29) is 12.2 Å². The van der Waals surface area contributed by atoms with Crippen LogP contribution in [0, 0.1) is 10.1 Å². The van der Waals surface area contributed by atoms with Crippen molar-refractivity contribution in [3.8, 4) is 0 Å². The molecule has 0 fully saturated rings. The van der Waals surface area contributed by atoms with Crippen molar-refractivity contribution < 1.29 is 18.1 Å². The predicted molar refractivity (Wildman–Crippen MR) is 86.8 cm³/mol. The zero-order valence-corrected chi connectivity index (χ0v) is 13.1. The van der Waals surface area contributed by atoms with E-state index in [0.29, 0.717) is 12.1 Å². The predicted octanol–water partition coefficient (Wildman–Crippen LogP) is 4.64. The topological polar surface area (TPSA) is 46.4 Å². The summed E-state index contributed by atoms with van der Waals surface area (Å²) in [5.74, 6) is 0. The van der Waals surface area contributed by atoms with E-state index in [0.717, 1.165) is 11.6 Å². The fourth-order valence-corrected chi connectivity index (χ4v) is 2.95. The molecular weight excluding hydrogens is 333 g/mol. The molecule has 0 N–H and O–H groups in total. The Labute approximate surface area is 142 Å². The van der Waals surface area contributed by atoms with Crippen molar-refractivity contribution in [2.24, 2.45) is 0 Å². The second-order valence-corrected chi connectivity index (χ2v) is 5.88. The second kappa shape index (κ2) is 6.68. The Balaban J connectivity index is 1.94. The summed E-state index contributed by atoms with van der Waals surface area (Å²) in [7, 11) is 0. The smallest absolute Gasteiger partial charge is 0.284 e. The minimum absolute atomic E-state index is 0.133. The van der Waals surface area contributed by atoms with E-state index >= 15 is 0 Å². The molecule has 0 aromatic heterocycles. The number of rotatable bonds is 4. The molecule has 1 aliphatic rings. The van der Waals surface area contributed by atoms with Crippen molar-refractivity contribution in [2.45, 2.75) is 18.8 Å². The molecule has 1 aliphatic heterocycles. The van der Waals surface area contributed by atoms with Crippen LogP contribution in [0.3, 0.4) is 0 Å². The molecule has 0 saturated carbocycles. The lowest BCUT2D eigenvalue weighted by atomic mass is 10.0. The van der Waals surface area contributed by atoms with Gasteiger partial charge < -0.3 is 0 Å². The van der Waals surface area contributed by atoms with Crippen LogP contribution in [0.15, 0.2) is 66.2 Å². The molecule has 3 rings (SSSR count). The number of halogens is 3. The maximum atomic E-state index is 13.2. The van der Waals surface area contributed by atoms with Gasteiger partial charge in [-0.1, -0.05) is 48.5 Å². The Morgan fingerprint density at radius 3 is 2.48 bits per heavy atom. The summed E-state index contributed by atoms with van der Waals surface area (Å²) in [5, 5.41) is 11.0. The molecule has 25 heavy (non-hydrogen) atoms. The second-order valence-electron chi connectivity index (χ2n) is 5.88. The molecule has 4 nitrogen and oxygen atoms in total. The van der Waals surface area contributed by atoms with Crippen LogP contribution in [-0.4, -0.2) is 22.5 Å². The number of alkyl halides is 3. The van der Waals surface area contributed by atoms with Crippen molar-refractivity contribution >= 4 is 5.69 Å². The van der Waals surface area contributed by atoms with Crippen molar-refractivity contribution in [2.75, 3.05) is 6.54 Å². The van der Waals surface area contributed by atoms with Gasteiger partial charge in [0.2, 0.25) is 0 Å². The van der Waals surface area contributed by atoms with Gasteiger partial charge in [-0.3, -0.25) is 15.0 Å². The van der Waals surface area contributed by atoms with Crippen molar-refractivity contribution in [3.63, 3.8) is 0 Å². The van der Waals surface area contributed by atoms with E-state index in [2.05, 4.69) is 0 Å². The van der Waals surface area contributed by atoms with E-state index in [1.165, 1.54) is 18.2 Å². The molecule has 0 aliphatic carbocycles. The summed E-state index contributed by atoms with van der Waals surface area (Å²) in [4.78, 5) is 12.1.